The molecule has 0 aliphatic carbocycles. The van der Waals surface area contributed by atoms with Crippen LogP contribution in [-0.2, 0) is 0 Å². The molecular formula is C18H15N5OS. The number of amides is 1. The van der Waals surface area contributed by atoms with E-state index in [0.29, 0.717) is 10.7 Å². The zero-order chi connectivity index (χ0) is 17.4. The highest BCUT2D eigenvalue weighted by atomic mass is 32.1. The fourth-order valence-electron chi connectivity index (χ4n) is 2.76. The number of nitrogens with one attached hydrogen (secondary N) is 1. The molecule has 7 heteroatoms. The van der Waals surface area contributed by atoms with Crippen molar-refractivity contribution in [3.63, 3.8) is 0 Å². The number of hydrogen-bond acceptors (Lipinski definition) is 5. The number of anilines is 1. The molecule has 0 aliphatic heterocycles. The fraction of sp³-hybridized carbons (Fsp3) is 0.111. The normalized spacial score (nSPS) is 11.0. The van der Waals surface area contributed by atoms with Crippen molar-refractivity contribution >= 4 is 33.4 Å². The first-order chi connectivity index (χ1) is 12.1. The first-order valence-corrected chi connectivity index (χ1v) is 8.59. The Morgan fingerprint density at radius 1 is 1.08 bits per heavy atom. The zero-order valence-electron chi connectivity index (χ0n) is 13.7. The van der Waals surface area contributed by atoms with Crippen molar-refractivity contribution in [1.29, 1.82) is 0 Å². The molecule has 0 saturated heterocycles. The molecule has 0 unspecified atom stereocenters. The Kier molecular flexibility index (Phi) is 3.77. The van der Waals surface area contributed by atoms with Gasteiger partial charge in [0, 0.05) is 11.3 Å². The highest BCUT2D eigenvalue weighted by Gasteiger charge is 2.14. The van der Waals surface area contributed by atoms with Crippen LogP contribution in [0.5, 0.6) is 0 Å². The molecule has 1 amide bonds. The second-order valence-corrected chi connectivity index (χ2v) is 6.80. The number of fused-ring (bicyclic) bond motifs is 1. The highest BCUT2D eigenvalue weighted by Crippen LogP contribution is 2.23. The van der Waals surface area contributed by atoms with Crippen LogP contribution in [0.2, 0.25) is 0 Å². The molecule has 6 nitrogen and oxygen atoms in total. The van der Waals surface area contributed by atoms with Gasteiger partial charge < -0.3 is 0 Å². The Balaban J connectivity index is 1.71. The third kappa shape index (κ3) is 2.89. The number of carbonyl (C=O) groups is 1. The van der Waals surface area contributed by atoms with E-state index in [1.807, 2.05) is 50.2 Å². The minimum absolute atomic E-state index is 0.218. The van der Waals surface area contributed by atoms with Gasteiger partial charge in [0.15, 0.2) is 0 Å². The van der Waals surface area contributed by atoms with Crippen molar-refractivity contribution in [2.24, 2.45) is 0 Å². The van der Waals surface area contributed by atoms with Crippen molar-refractivity contribution in [3.05, 3.63) is 64.9 Å². The number of benzene rings is 2. The average molecular weight is 349 g/mol. The number of hydrogen-bond donors (Lipinski definition) is 1. The lowest BCUT2D eigenvalue weighted by Gasteiger charge is -2.07. The molecule has 0 atom stereocenters. The first kappa shape index (κ1) is 15.5. The molecule has 124 valence electrons. The van der Waals surface area contributed by atoms with E-state index in [4.69, 9.17) is 0 Å². The number of imidazole rings is 1. The van der Waals surface area contributed by atoms with Gasteiger partial charge >= 0.3 is 0 Å². The molecule has 4 aromatic rings. The van der Waals surface area contributed by atoms with Gasteiger partial charge in [-0.3, -0.25) is 14.7 Å². The lowest BCUT2D eigenvalue weighted by molar-refractivity contribution is 0.102. The Labute approximate surface area is 148 Å². The predicted octanol–water partition coefficient (Wildman–Crippen LogP) is 3.75. The third-order valence-corrected chi connectivity index (χ3v) is 4.60. The van der Waals surface area contributed by atoms with Crippen LogP contribution in [0.15, 0.2) is 48.5 Å². The van der Waals surface area contributed by atoms with Gasteiger partial charge in [0.1, 0.15) is 10.8 Å². The summed E-state index contributed by atoms with van der Waals surface area (Å²) in [5.74, 6) is 0.656. The van der Waals surface area contributed by atoms with Crippen LogP contribution >= 0.6 is 11.3 Å². The van der Waals surface area contributed by atoms with Crippen LogP contribution in [0, 0.1) is 13.8 Å². The quantitative estimate of drug-likeness (QED) is 0.611. The van der Waals surface area contributed by atoms with Crippen molar-refractivity contribution in [1.82, 2.24) is 19.7 Å². The standard InChI is InChI=1S/C18H15N5OS/c1-11-19-15-10-13(17(24)20-18-22-21-12(2)25-18)8-9-16(15)23(11)14-6-4-3-5-7-14/h3-10H,1-2H3,(H,20,22,24). The van der Waals surface area contributed by atoms with E-state index >= 15 is 0 Å². The number of carbonyl (C=O) groups excluding carboxylic acids is 1. The van der Waals surface area contributed by atoms with Crippen LogP contribution in [0.3, 0.4) is 0 Å². The maximum Gasteiger partial charge on any atom is 0.257 e. The molecule has 2 aromatic carbocycles. The lowest BCUT2D eigenvalue weighted by atomic mass is 10.2. The monoisotopic (exact) mass is 349 g/mol. The van der Waals surface area contributed by atoms with Gasteiger partial charge in [-0.15, -0.1) is 10.2 Å². The summed E-state index contributed by atoms with van der Waals surface area (Å²) in [6.45, 7) is 3.80. The molecule has 0 radical (unpaired) electrons. The van der Waals surface area contributed by atoms with Crippen molar-refractivity contribution < 1.29 is 4.79 Å². The molecule has 4 rings (SSSR count). The second kappa shape index (κ2) is 6.10. The molecule has 0 aliphatic rings. The van der Waals surface area contributed by atoms with E-state index in [-0.39, 0.29) is 5.91 Å². The second-order valence-electron chi connectivity index (χ2n) is 5.61. The van der Waals surface area contributed by atoms with Gasteiger partial charge in [-0.05, 0) is 44.2 Å². The average Bonchev–Trinajstić information content (AvgIpc) is 3.16. The molecule has 25 heavy (non-hydrogen) atoms. The van der Waals surface area contributed by atoms with Gasteiger partial charge in [-0.1, -0.05) is 29.5 Å². The van der Waals surface area contributed by atoms with Gasteiger partial charge in [0.05, 0.1) is 11.0 Å². The Bertz CT molecular complexity index is 1070. The van der Waals surface area contributed by atoms with Crippen molar-refractivity contribution in [2.75, 3.05) is 5.32 Å². The molecule has 0 fully saturated rings. The number of rotatable bonds is 3. The maximum absolute atomic E-state index is 12.4. The van der Waals surface area contributed by atoms with E-state index in [1.54, 1.807) is 12.1 Å². The van der Waals surface area contributed by atoms with E-state index in [0.717, 1.165) is 27.6 Å². The van der Waals surface area contributed by atoms with E-state index < -0.39 is 0 Å². The Morgan fingerprint density at radius 3 is 2.60 bits per heavy atom. The van der Waals surface area contributed by atoms with Crippen molar-refractivity contribution in [2.45, 2.75) is 13.8 Å². The summed E-state index contributed by atoms with van der Waals surface area (Å²) in [7, 11) is 0. The number of nitrogens with zero attached hydrogens (tertiary/aromatic N) is 4. The number of para-hydroxylation sites is 1. The largest absolute Gasteiger partial charge is 0.297 e. The lowest BCUT2D eigenvalue weighted by Crippen LogP contribution is -2.11. The Morgan fingerprint density at radius 2 is 1.88 bits per heavy atom. The van der Waals surface area contributed by atoms with Crippen LogP contribution in [0.1, 0.15) is 21.2 Å². The van der Waals surface area contributed by atoms with Crippen LogP contribution in [-0.4, -0.2) is 25.7 Å². The molecule has 0 saturated carbocycles. The van der Waals surface area contributed by atoms with E-state index in [9.17, 15) is 4.79 Å². The Hall–Kier alpha value is -3.06. The maximum atomic E-state index is 12.4. The summed E-state index contributed by atoms with van der Waals surface area (Å²) >= 11 is 1.34. The molecule has 2 aromatic heterocycles. The molecular weight excluding hydrogens is 334 g/mol. The smallest absolute Gasteiger partial charge is 0.257 e. The topological polar surface area (TPSA) is 72.7 Å². The molecule has 0 spiro atoms. The minimum atomic E-state index is -0.218. The van der Waals surface area contributed by atoms with E-state index in [1.165, 1.54) is 11.3 Å². The summed E-state index contributed by atoms with van der Waals surface area (Å²) in [6, 6.07) is 15.5. The van der Waals surface area contributed by atoms with Gasteiger partial charge in [-0.25, -0.2) is 4.98 Å². The summed E-state index contributed by atoms with van der Waals surface area (Å²) < 4.78 is 2.07. The van der Waals surface area contributed by atoms with Crippen LogP contribution < -0.4 is 5.32 Å². The van der Waals surface area contributed by atoms with Crippen LogP contribution in [0.25, 0.3) is 16.7 Å². The van der Waals surface area contributed by atoms with Gasteiger partial charge in [0.25, 0.3) is 5.91 Å². The summed E-state index contributed by atoms with van der Waals surface area (Å²) in [5.41, 5.74) is 3.33. The first-order valence-electron chi connectivity index (χ1n) is 7.78. The van der Waals surface area contributed by atoms with Crippen LogP contribution in [0.4, 0.5) is 5.13 Å². The molecule has 2 heterocycles. The van der Waals surface area contributed by atoms with Crippen molar-refractivity contribution in [3.8, 4) is 5.69 Å². The highest BCUT2D eigenvalue weighted by molar-refractivity contribution is 7.15. The summed E-state index contributed by atoms with van der Waals surface area (Å²) in [5, 5.41) is 11.9. The predicted molar refractivity (Wildman–Crippen MR) is 98.4 cm³/mol. The van der Waals surface area contributed by atoms with Gasteiger partial charge in [0.2, 0.25) is 5.13 Å². The number of aromatic nitrogens is 4. The number of aryl methyl sites for hydroxylation is 2. The zero-order valence-corrected chi connectivity index (χ0v) is 14.5. The van der Waals surface area contributed by atoms with Gasteiger partial charge in [-0.2, -0.15) is 0 Å². The minimum Gasteiger partial charge on any atom is -0.297 e. The third-order valence-electron chi connectivity index (χ3n) is 3.85. The molecule has 0 bridgehead atoms. The molecule has 1 N–H and O–H groups in total. The summed E-state index contributed by atoms with van der Waals surface area (Å²) in [4.78, 5) is 17.0. The SMILES string of the molecule is Cc1nnc(NC(=O)c2ccc3c(c2)nc(C)n3-c2ccccc2)s1. The summed E-state index contributed by atoms with van der Waals surface area (Å²) in [6.07, 6.45) is 0. The van der Waals surface area contributed by atoms with E-state index in [2.05, 4.69) is 25.1 Å². The fourth-order valence-corrected chi connectivity index (χ4v) is 3.35.